The van der Waals surface area contributed by atoms with Crippen molar-refractivity contribution in [3.8, 4) is 11.5 Å². The largest absolute Gasteiger partial charge is 0.497 e. The fourth-order valence-electron chi connectivity index (χ4n) is 3.37. The van der Waals surface area contributed by atoms with Gasteiger partial charge in [0.1, 0.15) is 18.0 Å². The van der Waals surface area contributed by atoms with E-state index < -0.39 is 0 Å². The molecule has 7 heteroatoms. The molecule has 0 radical (unpaired) electrons. The maximum Gasteiger partial charge on any atom is 0.317 e. The lowest BCUT2D eigenvalue weighted by Crippen LogP contribution is -2.35. The van der Waals surface area contributed by atoms with Gasteiger partial charge >= 0.3 is 5.16 Å². The Hall–Kier alpha value is -3.45. The Balaban J connectivity index is 1.51. The van der Waals surface area contributed by atoms with E-state index in [0.717, 1.165) is 22.7 Å². The van der Waals surface area contributed by atoms with Gasteiger partial charge < -0.3 is 14.8 Å². The molecular weight excluding hydrogens is 410 g/mol. The lowest BCUT2D eigenvalue weighted by atomic mass is 10.2. The van der Waals surface area contributed by atoms with E-state index in [-0.39, 0.29) is 11.7 Å². The maximum absolute atomic E-state index is 12.7. The molecule has 0 aliphatic heterocycles. The third kappa shape index (κ3) is 4.83. The number of H-pyrrole nitrogens is 1. The van der Waals surface area contributed by atoms with Crippen LogP contribution in [0.1, 0.15) is 5.56 Å². The molecule has 0 aliphatic carbocycles. The molecule has 2 N–H and O–H groups in total. The Morgan fingerprint density at radius 2 is 1.77 bits per heavy atom. The van der Waals surface area contributed by atoms with Crippen molar-refractivity contribution in [2.24, 2.45) is 0 Å². The molecule has 1 aromatic heterocycles. The molecule has 0 unspecified atom stereocenters. The molecule has 0 atom stereocenters. The highest BCUT2D eigenvalue weighted by Crippen LogP contribution is 2.29. The van der Waals surface area contributed by atoms with Gasteiger partial charge in [0, 0.05) is 6.07 Å². The number of fused-ring (bicyclic) bond motifs is 1. The molecule has 31 heavy (non-hydrogen) atoms. The lowest BCUT2D eigenvalue weighted by Gasteiger charge is -2.11. The number of carbonyl (C=O) groups excluding carboxylic acids is 1. The van der Waals surface area contributed by atoms with E-state index in [1.54, 1.807) is 32.4 Å². The first-order valence-electron chi connectivity index (χ1n) is 9.87. The number of aromatic amines is 1. The van der Waals surface area contributed by atoms with Gasteiger partial charge in [-0.25, -0.2) is 9.55 Å². The van der Waals surface area contributed by atoms with Crippen LogP contribution in [0.2, 0.25) is 0 Å². The second-order valence-corrected chi connectivity index (χ2v) is 7.89. The monoisotopic (exact) mass is 434 g/mol. The molecule has 4 aromatic rings. The van der Waals surface area contributed by atoms with Crippen LogP contribution in [0.25, 0.3) is 11.0 Å². The van der Waals surface area contributed by atoms with E-state index >= 15 is 0 Å². The van der Waals surface area contributed by atoms with E-state index in [1.807, 2.05) is 36.4 Å². The van der Waals surface area contributed by atoms with Crippen molar-refractivity contribution < 1.29 is 18.8 Å². The Kier molecular flexibility index (Phi) is 6.43. The summed E-state index contributed by atoms with van der Waals surface area (Å²) in [4.78, 5) is 16.1. The minimum atomic E-state index is -0.113. The highest BCUT2D eigenvalue weighted by Gasteiger charge is 2.20. The van der Waals surface area contributed by atoms with Crippen LogP contribution in [0.3, 0.4) is 0 Å². The SMILES string of the molecule is COc1ccc(NC(=O)CSc2[nH]c3ccccc3[n+]2Cc2ccccc2)c(OC)c1. The molecule has 0 saturated carbocycles. The zero-order valence-electron chi connectivity index (χ0n) is 17.4. The number of ether oxygens (including phenoxy) is 2. The topological polar surface area (TPSA) is 67.2 Å². The fraction of sp³-hybridized carbons (Fsp3) is 0.167. The van der Waals surface area contributed by atoms with Crippen LogP contribution in [0.4, 0.5) is 5.69 Å². The first-order valence-corrected chi connectivity index (χ1v) is 10.9. The zero-order chi connectivity index (χ0) is 21.6. The smallest absolute Gasteiger partial charge is 0.317 e. The number of imidazole rings is 1. The lowest BCUT2D eigenvalue weighted by molar-refractivity contribution is -0.700. The number of methoxy groups -OCH3 is 2. The van der Waals surface area contributed by atoms with E-state index in [0.29, 0.717) is 17.2 Å². The summed E-state index contributed by atoms with van der Waals surface area (Å²) in [6.45, 7) is 0.723. The highest BCUT2D eigenvalue weighted by atomic mass is 32.2. The van der Waals surface area contributed by atoms with E-state index in [2.05, 4.69) is 33.1 Å². The summed E-state index contributed by atoms with van der Waals surface area (Å²) < 4.78 is 12.8. The third-order valence-electron chi connectivity index (χ3n) is 4.89. The molecule has 6 nitrogen and oxygen atoms in total. The van der Waals surface area contributed by atoms with Gasteiger partial charge in [-0.05, 0) is 41.6 Å². The molecule has 1 heterocycles. The molecule has 0 saturated heterocycles. The summed E-state index contributed by atoms with van der Waals surface area (Å²) in [7, 11) is 3.16. The van der Waals surface area contributed by atoms with Crippen LogP contribution in [-0.2, 0) is 11.3 Å². The Morgan fingerprint density at radius 1 is 1.00 bits per heavy atom. The van der Waals surface area contributed by atoms with Gasteiger partial charge in [-0.1, -0.05) is 42.5 Å². The predicted octanol–water partition coefficient (Wildman–Crippen LogP) is 4.25. The summed E-state index contributed by atoms with van der Waals surface area (Å²) in [5.74, 6) is 1.38. The molecule has 0 bridgehead atoms. The number of anilines is 1. The molecule has 0 aliphatic rings. The first-order chi connectivity index (χ1) is 15.2. The van der Waals surface area contributed by atoms with Gasteiger partial charge in [0.25, 0.3) is 0 Å². The van der Waals surface area contributed by atoms with Gasteiger partial charge in [0.15, 0.2) is 11.0 Å². The molecule has 3 aromatic carbocycles. The van der Waals surface area contributed by atoms with Crippen LogP contribution in [0.5, 0.6) is 11.5 Å². The van der Waals surface area contributed by atoms with Crippen molar-refractivity contribution in [2.75, 3.05) is 25.3 Å². The summed E-state index contributed by atoms with van der Waals surface area (Å²) in [5.41, 5.74) is 3.96. The van der Waals surface area contributed by atoms with Crippen molar-refractivity contribution in [2.45, 2.75) is 11.7 Å². The Labute approximate surface area is 185 Å². The molecule has 158 valence electrons. The molecule has 0 spiro atoms. The van der Waals surface area contributed by atoms with Crippen LogP contribution in [-0.4, -0.2) is 30.9 Å². The van der Waals surface area contributed by atoms with Crippen LogP contribution >= 0.6 is 11.8 Å². The van der Waals surface area contributed by atoms with Crippen LogP contribution in [0.15, 0.2) is 78.0 Å². The predicted molar refractivity (Wildman–Crippen MR) is 123 cm³/mol. The average Bonchev–Trinajstić information content (AvgIpc) is 3.16. The second kappa shape index (κ2) is 9.57. The average molecular weight is 435 g/mol. The van der Waals surface area contributed by atoms with Gasteiger partial charge in [-0.2, -0.15) is 0 Å². The van der Waals surface area contributed by atoms with Crippen molar-refractivity contribution in [1.29, 1.82) is 0 Å². The van der Waals surface area contributed by atoms with Crippen molar-refractivity contribution >= 4 is 34.4 Å². The van der Waals surface area contributed by atoms with Gasteiger partial charge in [0.05, 0.1) is 25.7 Å². The minimum Gasteiger partial charge on any atom is -0.497 e. The second-order valence-electron chi connectivity index (χ2n) is 6.92. The van der Waals surface area contributed by atoms with Gasteiger partial charge in [-0.3, -0.25) is 4.79 Å². The Morgan fingerprint density at radius 3 is 2.55 bits per heavy atom. The fourth-order valence-corrected chi connectivity index (χ4v) is 4.21. The van der Waals surface area contributed by atoms with Gasteiger partial charge in [-0.15, -0.1) is 0 Å². The summed E-state index contributed by atoms with van der Waals surface area (Å²) in [5, 5.41) is 3.85. The van der Waals surface area contributed by atoms with E-state index in [9.17, 15) is 4.79 Å². The normalized spacial score (nSPS) is 10.8. The number of para-hydroxylation sites is 2. The zero-order valence-corrected chi connectivity index (χ0v) is 18.2. The number of amides is 1. The van der Waals surface area contributed by atoms with E-state index in [1.165, 1.54) is 17.3 Å². The highest BCUT2D eigenvalue weighted by molar-refractivity contribution is 7.99. The number of rotatable bonds is 8. The standard InChI is InChI=1S/C24H23N3O3S/c1-29-18-12-13-20(22(14-18)30-2)25-23(28)16-31-24-26-19-10-6-7-11-21(19)27(24)15-17-8-4-3-5-9-17/h3-14H,15-16H2,1-2H3,(H,25,28)/p+1. The number of aromatic nitrogens is 2. The number of benzene rings is 3. The number of nitrogens with zero attached hydrogens (tertiary/aromatic N) is 1. The van der Waals surface area contributed by atoms with Crippen molar-refractivity contribution in [3.63, 3.8) is 0 Å². The summed E-state index contributed by atoms with van der Waals surface area (Å²) in [6, 6.07) is 23.8. The Bertz CT molecular complexity index is 1190. The number of hydrogen-bond donors (Lipinski definition) is 2. The number of nitrogens with one attached hydrogen (secondary N) is 2. The van der Waals surface area contributed by atoms with Crippen molar-refractivity contribution in [1.82, 2.24) is 4.98 Å². The van der Waals surface area contributed by atoms with Gasteiger partial charge in [0.2, 0.25) is 5.91 Å². The van der Waals surface area contributed by atoms with Crippen LogP contribution < -0.4 is 19.4 Å². The third-order valence-corrected chi connectivity index (χ3v) is 5.89. The molecule has 1 amide bonds. The molecular formula is C24H24N3O3S+. The number of carbonyl (C=O) groups is 1. The molecule has 0 fully saturated rings. The summed E-state index contributed by atoms with van der Waals surface area (Å²) >= 11 is 1.47. The summed E-state index contributed by atoms with van der Waals surface area (Å²) in [6.07, 6.45) is 0. The number of thioether (sulfide) groups is 1. The van der Waals surface area contributed by atoms with Crippen molar-refractivity contribution in [3.05, 3.63) is 78.4 Å². The van der Waals surface area contributed by atoms with Crippen LogP contribution in [0, 0.1) is 0 Å². The number of hydrogen-bond acceptors (Lipinski definition) is 4. The molecule has 4 rings (SSSR count). The maximum atomic E-state index is 12.7. The van der Waals surface area contributed by atoms with E-state index in [4.69, 9.17) is 9.47 Å². The minimum absolute atomic E-state index is 0.113. The first kappa shape index (κ1) is 20.8. The quantitative estimate of drug-likeness (QED) is 0.321.